The van der Waals surface area contributed by atoms with Crippen molar-refractivity contribution in [2.75, 3.05) is 10.5 Å². The van der Waals surface area contributed by atoms with E-state index in [1.807, 2.05) is 6.07 Å². The van der Waals surface area contributed by atoms with E-state index in [1.165, 1.54) is 18.2 Å². The standard InChI is InChI=1S/C13H11N2O3/c16-13(14-11-6-2-1-3-7-11)10-5-4-8-12(9-10)15(17)18/h1-9,17H,(H,14,16)/q-1. The van der Waals surface area contributed by atoms with Crippen LogP contribution in [0.5, 0.6) is 0 Å². The van der Waals surface area contributed by atoms with E-state index in [4.69, 9.17) is 5.21 Å². The van der Waals surface area contributed by atoms with Crippen LogP contribution in [0, 0.1) is 5.21 Å². The molecule has 0 bridgehead atoms. The fourth-order valence-corrected chi connectivity index (χ4v) is 1.49. The molecule has 0 aromatic heterocycles. The molecular weight excluding hydrogens is 232 g/mol. The summed E-state index contributed by atoms with van der Waals surface area (Å²) in [6.45, 7) is 0. The fraction of sp³-hybridized carbons (Fsp3) is 0. The number of anilines is 2. The van der Waals surface area contributed by atoms with E-state index in [0.717, 1.165) is 0 Å². The molecule has 2 rings (SSSR count). The minimum absolute atomic E-state index is 0.00992. The van der Waals surface area contributed by atoms with Crippen LogP contribution in [-0.4, -0.2) is 11.1 Å². The van der Waals surface area contributed by atoms with Gasteiger partial charge in [-0.1, -0.05) is 24.3 Å². The van der Waals surface area contributed by atoms with E-state index in [0.29, 0.717) is 11.3 Å². The number of benzene rings is 2. The summed E-state index contributed by atoms with van der Waals surface area (Å²) in [4.78, 5) is 11.9. The zero-order valence-corrected chi connectivity index (χ0v) is 9.41. The van der Waals surface area contributed by atoms with Gasteiger partial charge in [-0.05, 0) is 30.3 Å². The SMILES string of the molecule is O=C(Nc1ccccc1)c1cccc(N([O-])O)c1. The van der Waals surface area contributed by atoms with Gasteiger partial charge in [-0.25, -0.2) is 0 Å². The molecule has 1 amide bonds. The van der Waals surface area contributed by atoms with Gasteiger partial charge in [0.25, 0.3) is 5.91 Å². The maximum atomic E-state index is 11.9. The van der Waals surface area contributed by atoms with E-state index in [9.17, 15) is 10.0 Å². The smallest absolute Gasteiger partial charge is 0.255 e. The van der Waals surface area contributed by atoms with Gasteiger partial charge < -0.3 is 15.8 Å². The quantitative estimate of drug-likeness (QED) is 0.812. The zero-order valence-electron chi connectivity index (χ0n) is 9.41. The number of nitrogens with one attached hydrogen (secondary N) is 1. The lowest BCUT2D eigenvalue weighted by Gasteiger charge is -2.21. The van der Waals surface area contributed by atoms with Crippen molar-refractivity contribution in [2.45, 2.75) is 0 Å². The molecule has 0 aliphatic carbocycles. The van der Waals surface area contributed by atoms with Crippen molar-refractivity contribution in [1.29, 1.82) is 0 Å². The predicted octanol–water partition coefficient (Wildman–Crippen LogP) is 2.63. The molecule has 0 spiro atoms. The molecule has 5 heteroatoms. The maximum Gasteiger partial charge on any atom is 0.255 e. The average Bonchev–Trinajstić information content (AvgIpc) is 2.40. The van der Waals surface area contributed by atoms with Crippen LogP contribution >= 0.6 is 0 Å². The highest BCUT2D eigenvalue weighted by atomic mass is 16.8. The molecule has 92 valence electrons. The summed E-state index contributed by atoms with van der Waals surface area (Å²) < 4.78 is 0. The minimum Gasteiger partial charge on any atom is -0.733 e. The molecule has 0 fully saturated rings. The molecule has 2 aromatic rings. The number of hydrogen-bond donors (Lipinski definition) is 2. The summed E-state index contributed by atoms with van der Waals surface area (Å²) in [5.41, 5.74) is 0.970. The summed E-state index contributed by atoms with van der Waals surface area (Å²) in [7, 11) is 0. The van der Waals surface area contributed by atoms with E-state index in [2.05, 4.69) is 5.32 Å². The third kappa shape index (κ3) is 2.85. The van der Waals surface area contributed by atoms with Crippen molar-refractivity contribution in [1.82, 2.24) is 0 Å². The van der Waals surface area contributed by atoms with Crippen molar-refractivity contribution in [3.63, 3.8) is 0 Å². The Hall–Kier alpha value is -2.37. The van der Waals surface area contributed by atoms with Crippen LogP contribution in [0.4, 0.5) is 11.4 Å². The van der Waals surface area contributed by atoms with E-state index in [-0.39, 0.29) is 16.8 Å². The van der Waals surface area contributed by atoms with Crippen LogP contribution in [0.2, 0.25) is 0 Å². The van der Waals surface area contributed by atoms with Gasteiger partial charge in [0.15, 0.2) is 0 Å². The zero-order chi connectivity index (χ0) is 13.0. The molecular formula is C13H11N2O3-. The van der Waals surface area contributed by atoms with Crippen LogP contribution in [0.15, 0.2) is 54.6 Å². The van der Waals surface area contributed by atoms with Gasteiger partial charge in [-0.15, -0.1) is 0 Å². The Morgan fingerprint density at radius 3 is 2.50 bits per heavy atom. The maximum absolute atomic E-state index is 11.9. The second-order valence-electron chi connectivity index (χ2n) is 3.64. The highest BCUT2D eigenvalue weighted by molar-refractivity contribution is 6.04. The van der Waals surface area contributed by atoms with Gasteiger partial charge in [-0.3, -0.25) is 10.0 Å². The summed E-state index contributed by atoms with van der Waals surface area (Å²) >= 11 is 0. The number of para-hydroxylation sites is 1. The Morgan fingerprint density at radius 1 is 1.11 bits per heavy atom. The van der Waals surface area contributed by atoms with Gasteiger partial charge in [0.1, 0.15) is 0 Å². The number of nitrogens with zero attached hydrogens (tertiary/aromatic N) is 1. The molecule has 0 atom stereocenters. The Bertz CT molecular complexity index is 541. The lowest BCUT2D eigenvalue weighted by atomic mass is 10.2. The van der Waals surface area contributed by atoms with E-state index < -0.39 is 0 Å². The van der Waals surface area contributed by atoms with Crippen molar-refractivity contribution >= 4 is 17.3 Å². The van der Waals surface area contributed by atoms with E-state index in [1.54, 1.807) is 30.3 Å². The molecule has 5 nitrogen and oxygen atoms in total. The lowest BCUT2D eigenvalue weighted by molar-refractivity contribution is 0.102. The summed E-state index contributed by atoms with van der Waals surface area (Å²) in [5, 5.41) is 21.9. The first-order valence-electron chi connectivity index (χ1n) is 5.29. The Morgan fingerprint density at radius 2 is 1.83 bits per heavy atom. The Labute approximate surface area is 104 Å². The van der Waals surface area contributed by atoms with Crippen molar-refractivity contribution in [3.8, 4) is 0 Å². The van der Waals surface area contributed by atoms with Gasteiger partial charge in [-0.2, -0.15) is 0 Å². The first-order valence-corrected chi connectivity index (χ1v) is 5.29. The topological polar surface area (TPSA) is 75.6 Å². The van der Waals surface area contributed by atoms with Crippen molar-refractivity contribution in [2.24, 2.45) is 0 Å². The van der Waals surface area contributed by atoms with Gasteiger partial charge in [0.05, 0.1) is 5.69 Å². The van der Waals surface area contributed by atoms with Gasteiger partial charge in [0.2, 0.25) is 0 Å². The highest BCUT2D eigenvalue weighted by Crippen LogP contribution is 2.15. The molecule has 0 heterocycles. The van der Waals surface area contributed by atoms with Crippen molar-refractivity contribution < 1.29 is 10.0 Å². The molecule has 0 aliphatic rings. The van der Waals surface area contributed by atoms with Crippen LogP contribution < -0.4 is 10.5 Å². The molecule has 0 saturated carbocycles. The highest BCUT2D eigenvalue weighted by Gasteiger charge is 2.06. The Kier molecular flexibility index (Phi) is 3.57. The normalized spacial score (nSPS) is 9.89. The first kappa shape index (κ1) is 12.1. The van der Waals surface area contributed by atoms with E-state index >= 15 is 0 Å². The summed E-state index contributed by atoms with van der Waals surface area (Å²) in [5.74, 6) is -0.343. The lowest BCUT2D eigenvalue weighted by Crippen LogP contribution is -2.13. The van der Waals surface area contributed by atoms with Crippen LogP contribution in [0.25, 0.3) is 0 Å². The fourth-order valence-electron chi connectivity index (χ4n) is 1.49. The average molecular weight is 243 g/mol. The molecule has 18 heavy (non-hydrogen) atoms. The van der Waals surface area contributed by atoms with Crippen LogP contribution in [0.3, 0.4) is 0 Å². The second kappa shape index (κ2) is 5.31. The molecule has 0 radical (unpaired) electrons. The number of carbonyl (C=O) groups excluding carboxylic acids is 1. The second-order valence-corrected chi connectivity index (χ2v) is 3.64. The van der Waals surface area contributed by atoms with Crippen LogP contribution in [-0.2, 0) is 0 Å². The van der Waals surface area contributed by atoms with Gasteiger partial charge in [0, 0.05) is 11.3 Å². The monoisotopic (exact) mass is 243 g/mol. The third-order valence-corrected chi connectivity index (χ3v) is 2.36. The van der Waals surface area contributed by atoms with Gasteiger partial charge >= 0.3 is 0 Å². The minimum atomic E-state index is -0.343. The molecule has 0 unspecified atom stereocenters. The third-order valence-electron chi connectivity index (χ3n) is 2.36. The molecule has 2 N–H and O–H groups in total. The summed E-state index contributed by atoms with van der Waals surface area (Å²) in [6.07, 6.45) is 0. The molecule has 2 aromatic carbocycles. The molecule has 0 aliphatic heterocycles. The van der Waals surface area contributed by atoms with Crippen LogP contribution in [0.1, 0.15) is 10.4 Å². The summed E-state index contributed by atoms with van der Waals surface area (Å²) in [6, 6.07) is 14.8. The first-order chi connectivity index (χ1) is 8.66. The largest absolute Gasteiger partial charge is 0.733 e. The molecule has 0 saturated heterocycles. The number of hydrogen-bond acceptors (Lipinski definition) is 4. The Balaban J connectivity index is 2.16. The van der Waals surface area contributed by atoms with Crippen molar-refractivity contribution in [3.05, 3.63) is 65.4 Å². The number of carbonyl (C=O) groups is 1. The number of rotatable bonds is 3. The number of amides is 1. The predicted molar refractivity (Wildman–Crippen MR) is 68.5 cm³/mol.